The van der Waals surface area contributed by atoms with Crippen LogP contribution < -0.4 is 33.1 Å². The first-order chi connectivity index (χ1) is 23.2. The molecule has 0 radical (unpaired) electrons. The van der Waals surface area contributed by atoms with E-state index in [4.69, 9.17) is 12.9 Å². The Morgan fingerprint density at radius 2 is 1.25 bits per heavy atom. The molecule has 4 amide bonds. The summed E-state index contributed by atoms with van der Waals surface area (Å²) in [5, 5.41) is 26.4. The molecule has 0 heterocycles. The lowest BCUT2D eigenvalue weighted by Crippen LogP contribution is -2.56. The van der Waals surface area contributed by atoms with E-state index in [1.165, 1.54) is 64.7 Å². The summed E-state index contributed by atoms with van der Waals surface area (Å²) in [6.07, 6.45) is 13.7. The number of aliphatic carboxylic acids is 2. The van der Waals surface area contributed by atoms with Crippen LogP contribution in [0.1, 0.15) is 136 Å². The van der Waals surface area contributed by atoms with Gasteiger partial charge >= 0.3 is 11.9 Å². The fraction of sp³-hybridized carbons (Fsp3) is 0.788. The van der Waals surface area contributed by atoms with Crippen LogP contribution in [0.5, 0.6) is 0 Å². The molecule has 276 valence electrons. The highest BCUT2D eigenvalue weighted by Crippen LogP contribution is 2.18. The molecule has 2 unspecified atom stereocenters. The number of Topliss-reactive ketones (excluding diaryl/α,β-unsaturated/α-hetero) is 1. The molecule has 0 aromatic carbocycles. The van der Waals surface area contributed by atoms with Crippen LogP contribution >= 0.6 is 0 Å². The molecule has 15 heteroatoms. The summed E-state index contributed by atoms with van der Waals surface area (Å²) in [6, 6.07) is -3.80. The van der Waals surface area contributed by atoms with Crippen LogP contribution in [-0.2, 0) is 33.6 Å². The molecule has 0 aromatic rings. The van der Waals surface area contributed by atoms with E-state index < -0.39 is 84.9 Å². The first-order valence-electron chi connectivity index (χ1n) is 17.8. The Hall–Kier alpha value is -3.59. The maximum Gasteiger partial charge on any atom is 0.331 e. The van der Waals surface area contributed by atoms with Gasteiger partial charge in [-0.25, -0.2) is 9.59 Å². The van der Waals surface area contributed by atoms with Gasteiger partial charge in [-0.1, -0.05) is 84.0 Å². The third kappa shape index (κ3) is 19.3. The zero-order valence-electron chi connectivity index (χ0n) is 29.8. The van der Waals surface area contributed by atoms with Gasteiger partial charge in [-0.15, -0.1) is 0 Å². The smallest absolute Gasteiger partial charge is 0.331 e. The predicted molar refractivity (Wildman–Crippen MR) is 180 cm³/mol. The number of carbonyl (C=O) groups is 7. The number of hydrogen-bond acceptors (Lipinski definition) is 9. The van der Waals surface area contributed by atoms with Crippen molar-refractivity contribution in [2.24, 2.45) is 17.2 Å². The first kappa shape index (κ1) is 42.4. The third-order valence-corrected chi connectivity index (χ3v) is 8.34. The molecule has 48 heavy (non-hydrogen) atoms. The molecule has 4 atom stereocenters. The van der Waals surface area contributed by atoms with Crippen molar-refractivity contribution in [2.45, 2.75) is 160 Å². The minimum absolute atomic E-state index is 0.119. The molecule has 0 spiro atoms. The van der Waals surface area contributed by atoms with Gasteiger partial charge in [0.15, 0.2) is 11.3 Å². The van der Waals surface area contributed by atoms with E-state index >= 15 is 0 Å². The van der Waals surface area contributed by atoms with E-state index in [1.807, 2.05) is 5.73 Å². The molecule has 15 nitrogen and oxygen atoms in total. The van der Waals surface area contributed by atoms with Gasteiger partial charge in [0.05, 0.1) is 6.54 Å². The number of rotatable bonds is 31. The van der Waals surface area contributed by atoms with Gasteiger partial charge < -0.3 is 43.4 Å². The average molecular weight is 686 g/mol. The van der Waals surface area contributed by atoms with Crippen molar-refractivity contribution in [1.82, 2.24) is 16.0 Å². The molecule has 0 saturated carbocycles. The van der Waals surface area contributed by atoms with Gasteiger partial charge in [0.1, 0.15) is 19.5 Å². The Kier molecular flexibility index (Phi) is 22.5. The Labute approximate surface area is 285 Å². The lowest BCUT2D eigenvalue weighted by atomic mass is 9.85. The van der Waals surface area contributed by atoms with E-state index in [-0.39, 0.29) is 25.2 Å². The first-order valence-corrected chi connectivity index (χ1v) is 17.3. The second-order valence-corrected chi connectivity index (χ2v) is 12.5. The fourth-order valence-corrected chi connectivity index (χ4v) is 5.22. The maximum atomic E-state index is 12.9. The second kappa shape index (κ2) is 25.4. The van der Waals surface area contributed by atoms with Crippen molar-refractivity contribution in [1.29, 1.82) is 0 Å². The van der Waals surface area contributed by atoms with Crippen molar-refractivity contribution in [3.8, 4) is 0 Å². The Morgan fingerprint density at radius 3 is 1.73 bits per heavy atom. The molecular weight excluding hydrogens is 624 g/mol. The molecule has 0 rings (SSSR count). The Morgan fingerprint density at radius 1 is 0.708 bits per heavy atom. The number of hydrogen-bond donors (Lipinski definition) is 8. The monoisotopic (exact) mass is 685 g/mol. The molecule has 0 fully saturated rings. The number of carboxylic acid groups (broad SMARTS) is 2. The van der Waals surface area contributed by atoms with Crippen molar-refractivity contribution in [2.75, 3.05) is 6.54 Å². The quantitative estimate of drug-likeness (QED) is 0.0385. The number of carbonyl (C=O) groups excluding carboxylic acids is 5. The lowest BCUT2D eigenvalue weighted by Gasteiger charge is -2.25. The molecule has 11 N–H and O–H groups in total. The number of ketones is 1. The molecule has 0 aliphatic carbocycles. The number of nitrogens with two attached hydrogens (primary N) is 3. The fourth-order valence-electron chi connectivity index (χ4n) is 5.22. The molecular formula is C33H60N6O9. The summed E-state index contributed by atoms with van der Waals surface area (Å²) in [5.74, 6) is -6.87. The summed E-state index contributed by atoms with van der Waals surface area (Å²) in [5.41, 5.74) is 10.6. The zero-order valence-corrected chi connectivity index (χ0v) is 28.8. The Balaban J connectivity index is 4.64. The van der Waals surface area contributed by atoms with Crippen molar-refractivity contribution in [3.63, 3.8) is 0 Å². The van der Waals surface area contributed by atoms with Gasteiger partial charge in [0, 0.05) is 12.8 Å². The van der Waals surface area contributed by atoms with Crippen LogP contribution in [0.25, 0.3) is 0 Å². The number of carboxylic acids is 2. The van der Waals surface area contributed by atoms with Gasteiger partial charge in [-0.3, -0.25) is 24.0 Å². The summed E-state index contributed by atoms with van der Waals surface area (Å²) < 4.78 is 6.83. The van der Waals surface area contributed by atoms with Gasteiger partial charge in [0.25, 0.3) is 0 Å². The third-order valence-electron chi connectivity index (χ3n) is 8.34. The zero-order chi connectivity index (χ0) is 37.2. The van der Waals surface area contributed by atoms with Crippen LogP contribution in [-0.4, -0.2) is 81.8 Å². The van der Waals surface area contributed by atoms with E-state index in [2.05, 4.69) is 22.9 Å². The van der Waals surface area contributed by atoms with E-state index in [1.54, 1.807) is 0 Å². The highest BCUT2D eigenvalue weighted by Gasteiger charge is 2.41. The van der Waals surface area contributed by atoms with Gasteiger partial charge in [-0.2, -0.15) is 0 Å². The van der Waals surface area contributed by atoms with E-state index in [9.17, 15) is 43.8 Å². The summed E-state index contributed by atoms with van der Waals surface area (Å²) in [4.78, 5) is 84.9. The lowest BCUT2D eigenvalue weighted by molar-refractivity contribution is -0.149. The SMILES string of the molecule is [2H]NCC(=O)NC(CCCC(N)(C(=O)O)C(=O)CC[C@@H](NC(=O)[C@H](C)NC(=O)CCCCCCCCCCCCCCC)C(=O)O)C(N)=O. The predicted octanol–water partition coefficient (Wildman–Crippen LogP) is 1.77. The summed E-state index contributed by atoms with van der Waals surface area (Å²) >= 11 is 0. The minimum atomic E-state index is -2.43. The summed E-state index contributed by atoms with van der Waals surface area (Å²) in [7, 11) is 0. The highest BCUT2D eigenvalue weighted by atomic mass is 16.4. The Bertz CT molecular complexity index is 1060. The molecule has 0 aromatic heterocycles. The number of primary amides is 1. The normalized spacial score (nSPS) is 14.4. The largest absolute Gasteiger partial charge is 0.480 e. The van der Waals surface area contributed by atoms with Crippen LogP contribution in [0.4, 0.5) is 0 Å². The molecule has 0 saturated heterocycles. The number of unbranched alkanes of at least 4 members (excludes halogenated alkanes) is 12. The summed E-state index contributed by atoms with van der Waals surface area (Å²) in [6.45, 7) is 3.21. The van der Waals surface area contributed by atoms with Gasteiger partial charge in [-0.05, 0) is 39.0 Å². The van der Waals surface area contributed by atoms with Crippen LogP contribution in [0.2, 0.25) is 1.41 Å². The van der Waals surface area contributed by atoms with Crippen molar-refractivity contribution in [3.05, 3.63) is 0 Å². The van der Waals surface area contributed by atoms with Crippen LogP contribution in [0.3, 0.4) is 0 Å². The van der Waals surface area contributed by atoms with E-state index in [0.29, 0.717) is 6.42 Å². The standard InChI is InChI=1S/C33H60N6O9/c1-3-4-5-6-7-8-9-10-11-12-13-14-15-18-27(41)37-23(2)30(44)39-25(31(45)46)19-20-26(40)33(36,32(47)48)21-16-17-24(29(35)43)38-28(42)22-34/h23-25H,3-22,34,36H2,1-2H3,(H2,35,43)(H,37,41)(H,38,42)(H,39,44)(H,45,46)(H,47,48)/t23-,24?,25+,33?/m0/s1/i/hD. The second-order valence-electron chi connectivity index (χ2n) is 12.5. The average Bonchev–Trinajstić information content (AvgIpc) is 3.03. The highest BCUT2D eigenvalue weighted by molar-refractivity contribution is 6.07. The molecule has 0 aliphatic heterocycles. The van der Waals surface area contributed by atoms with Gasteiger partial charge in [0.2, 0.25) is 23.6 Å². The van der Waals surface area contributed by atoms with Crippen molar-refractivity contribution >= 4 is 41.4 Å². The van der Waals surface area contributed by atoms with E-state index in [0.717, 1.165) is 19.3 Å². The van der Waals surface area contributed by atoms with Crippen molar-refractivity contribution < 1.29 is 45.2 Å². The molecule has 0 aliphatic rings. The number of nitrogens with one attached hydrogen (secondary N) is 3. The van der Waals surface area contributed by atoms with Crippen LogP contribution in [0.15, 0.2) is 0 Å². The number of amides is 4. The molecule has 0 bridgehead atoms. The van der Waals surface area contributed by atoms with Crippen LogP contribution in [0, 0.1) is 0 Å². The maximum absolute atomic E-state index is 12.9. The minimum Gasteiger partial charge on any atom is -0.480 e. The topological polar surface area (TPSA) is 274 Å².